The van der Waals surface area contributed by atoms with Gasteiger partial charge in [0.05, 0.1) is 10.6 Å². The van der Waals surface area contributed by atoms with E-state index in [4.69, 9.17) is 11.6 Å². The number of hydrogen-bond donors (Lipinski definition) is 1. The number of nitrogens with zero attached hydrogens (tertiary/aromatic N) is 1. The minimum Gasteiger partial charge on any atom is -0.507 e. The molecule has 1 aliphatic heterocycles. The summed E-state index contributed by atoms with van der Waals surface area (Å²) in [4.78, 5) is 25.8. The second-order valence-corrected chi connectivity index (χ2v) is 5.99. The van der Waals surface area contributed by atoms with Gasteiger partial charge in [-0.15, -0.1) is 0 Å². The molecule has 22 heavy (non-hydrogen) atoms. The topological polar surface area (TPSA) is 57.6 Å². The number of aromatic hydroxyl groups is 1. The summed E-state index contributed by atoms with van der Waals surface area (Å²) in [6.07, 6.45) is 1.47. The standard InChI is InChI=1S/C16H10ClNO3S/c17-11-6-7-13(19)10(8-11)9-14-15(20)18(16(21)22-14)12-4-2-1-3-5-12/h1-9,19H/b14-9+. The molecule has 0 spiro atoms. The monoisotopic (exact) mass is 331 g/mol. The number of benzene rings is 2. The highest BCUT2D eigenvalue weighted by atomic mass is 35.5. The largest absolute Gasteiger partial charge is 0.507 e. The van der Waals surface area contributed by atoms with E-state index in [1.807, 2.05) is 6.07 Å². The first-order valence-electron chi connectivity index (χ1n) is 6.38. The Kier molecular flexibility index (Phi) is 3.92. The summed E-state index contributed by atoms with van der Waals surface area (Å²) in [6.45, 7) is 0. The second kappa shape index (κ2) is 5.87. The maximum atomic E-state index is 12.4. The Balaban J connectivity index is 1.97. The summed E-state index contributed by atoms with van der Waals surface area (Å²) in [7, 11) is 0. The van der Waals surface area contributed by atoms with Gasteiger partial charge in [-0.05, 0) is 48.2 Å². The number of hydrogen-bond acceptors (Lipinski definition) is 4. The van der Waals surface area contributed by atoms with E-state index in [1.54, 1.807) is 30.3 Å². The fourth-order valence-corrected chi connectivity index (χ4v) is 3.06. The molecule has 0 aromatic heterocycles. The summed E-state index contributed by atoms with van der Waals surface area (Å²) >= 11 is 6.71. The molecule has 3 rings (SSSR count). The number of anilines is 1. The van der Waals surface area contributed by atoms with Crippen molar-refractivity contribution in [1.82, 2.24) is 0 Å². The van der Waals surface area contributed by atoms with Gasteiger partial charge in [0, 0.05) is 10.6 Å². The molecule has 2 aromatic rings. The highest BCUT2D eigenvalue weighted by Crippen LogP contribution is 2.36. The molecule has 6 heteroatoms. The zero-order valence-corrected chi connectivity index (χ0v) is 12.8. The summed E-state index contributed by atoms with van der Waals surface area (Å²) in [6, 6.07) is 13.2. The van der Waals surface area contributed by atoms with Crippen LogP contribution in [0.3, 0.4) is 0 Å². The molecule has 0 saturated carbocycles. The molecule has 110 valence electrons. The number of para-hydroxylation sites is 1. The lowest BCUT2D eigenvalue weighted by Crippen LogP contribution is -2.27. The first-order chi connectivity index (χ1) is 10.6. The van der Waals surface area contributed by atoms with Crippen LogP contribution in [-0.4, -0.2) is 16.3 Å². The van der Waals surface area contributed by atoms with Crippen LogP contribution in [0.25, 0.3) is 6.08 Å². The molecular formula is C16H10ClNO3S. The van der Waals surface area contributed by atoms with Crippen molar-refractivity contribution < 1.29 is 14.7 Å². The van der Waals surface area contributed by atoms with E-state index in [0.717, 1.165) is 16.7 Å². The van der Waals surface area contributed by atoms with Gasteiger partial charge in [-0.1, -0.05) is 29.8 Å². The van der Waals surface area contributed by atoms with Crippen LogP contribution in [0.5, 0.6) is 5.75 Å². The van der Waals surface area contributed by atoms with Crippen molar-refractivity contribution in [3.8, 4) is 5.75 Å². The average Bonchev–Trinajstić information content (AvgIpc) is 2.78. The lowest BCUT2D eigenvalue weighted by atomic mass is 10.2. The second-order valence-electron chi connectivity index (χ2n) is 4.56. The molecular weight excluding hydrogens is 322 g/mol. The number of carbonyl (C=O) groups excluding carboxylic acids is 2. The van der Waals surface area contributed by atoms with E-state index in [-0.39, 0.29) is 15.9 Å². The molecule has 0 aliphatic carbocycles. The zero-order valence-electron chi connectivity index (χ0n) is 11.2. The zero-order chi connectivity index (χ0) is 15.7. The van der Waals surface area contributed by atoms with Gasteiger partial charge >= 0.3 is 0 Å². The number of phenolic OH excluding ortho intramolecular Hbond substituents is 1. The minimum absolute atomic E-state index is 0.00379. The van der Waals surface area contributed by atoms with Crippen molar-refractivity contribution >= 4 is 46.3 Å². The Morgan fingerprint density at radius 1 is 1.09 bits per heavy atom. The molecule has 1 saturated heterocycles. The van der Waals surface area contributed by atoms with Crippen LogP contribution in [0, 0.1) is 0 Å². The van der Waals surface area contributed by atoms with Crippen molar-refractivity contribution in [2.75, 3.05) is 4.90 Å². The summed E-state index contributed by atoms with van der Waals surface area (Å²) in [5, 5.41) is 9.87. The molecule has 1 N–H and O–H groups in total. The first kappa shape index (κ1) is 14.7. The van der Waals surface area contributed by atoms with E-state index in [1.165, 1.54) is 18.2 Å². The van der Waals surface area contributed by atoms with Gasteiger partial charge in [-0.3, -0.25) is 9.59 Å². The van der Waals surface area contributed by atoms with Crippen LogP contribution in [0.15, 0.2) is 53.4 Å². The third kappa shape index (κ3) is 2.73. The quantitative estimate of drug-likeness (QED) is 0.834. The highest BCUT2D eigenvalue weighted by molar-refractivity contribution is 8.19. The number of imide groups is 1. The highest BCUT2D eigenvalue weighted by Gasteiger charge is 2.36. The van der Waals surface area contributed by atoms with Gasteiger partial charge in [0.15, 0.2) is 0 Å². The maximum absolute atomic E-state index is 12.4. The molecule has 0 bridgehead atoms. The van der Waals surface area contributed by atoms with Gasteiger partial charge in [0.25, 0.3) is 11.1 Å². The van der Waals surface area contributed by atoms with E-state index in [0.29, 0.717) is 16.3 Å². The third-order valence-corrected chi connectivity index (χ3v) is 4.19. The third-order valence-electron chi connectivity index (χ3n) is 3.08. The van der Waals surface area contributed by atoms with Gasteiger partial charge in [-0.2, -0.15) is 0 Å². The molecule has 4 nitrogen and oxygen atoms in total. The normalized spacial score (nSPS) is 16.6. The summed E-state index contributed by atoms with van der Waals surface area (Å²) in [5.74, 6) is -0.420. The average molecular weight is 332 g/mol. The molecule has 0 radical (unpaired) electrons. The molecule has 0 atom stereocenters. The molecule has 2 amide bonds. The van der Waals surface area contributed by atoms with Gasteiger partial charge in [0.2, 0.25) is 0 Å². The van der Waals surface area contributed by atoms with Gasteiger partial charge in [-0.25, -0.2) is 4.90 Å². The Morgan fingerprint density at radius 3 is 2.55 bits per heavy atom. The van der Waals surface area contributed by atoms with Crippen LogP contribution in [0.2, 0.25) is 5.02 Å². The van der Waals surface area contributed by atoms with Gasteiger partial charge < -0.3 is 5.11 Å². The van der Waals surface area contributed by atoms with Gasteiger partial charge in [0.1, 0.15) is 5.75 Å². The fraction of sp³-hybridized carbons (Fsp3) is 0. The SMILES string of the molecule is O=C1S/C(=C/c2cc(Cl)ccc2O)C(=O)N1c1ccccc1. The summed E-state index contributed by atoms with van der Waals surface area (Å²) < 4.78 is 0. The Labute approximate surface area is 136 Å². The van der Waals surface area contributed by atoms with Crippen LogP contribution in [-0.2, 0) is 4.79 Å². The molecule has 1 fully saturated rings. The van der Waals surface area contributed by atoms with E-state index in [2.05, 4.69) is 0 Å². The van der Waals surface area contributed by atoms with Crippen molar-refractivity contribution in [2.24, 2.45) is 0 Å². The van der Waals surface area contributed by atoms with Crippen LogP contribution in [0.4, 0.5) is 10.5 Å². The number of carbonyl (C=O) groups is 2. The molecule has 1 aliphatic rings. The smallest absolute Gasteiger partial charge is 0.298 e. The van der Waals surface area contributed by atoms with Crippen LogP contribution >= 0.6 is 23.4 Å². The van der Waals surface area contributed by atoms with Crippen molar-refractivity contribution in [2.45, 2.75) is 0 Å². The minimum atomic E-state index is -0.416. The lowest BCUT2D eigenvalue weighted by Gasteiger charge is -2.11. The van der Waals surface area contributed by atoms with E-state index >= 15 is 0 Å². The lowest BCUT2D eigenvalue weighted by molar-refractivity contribution is -0.113. The number of amides is 2. The van der Waals surface area contributed by atoms with Crippen molar-refractivity contribution in [3.63, 3.8) is 0 Å². The van der Waals surface area contributed by atoms with Crippen molar-refractivity contribution in [3.05, 3.63) is 64.0 Å². The molecule has 0 unspecified atom stereocenters. The number of halogens is 1. The van der Waals surface area contributed by atoms with E-state index < -0.39 is 5.91 Å². The Hall–Kier alpha value is -2.24. The van der Waals surface area contributed by atoms with E-state index in [9.17, 15) is 14.7 Å². The summed E-state index contributed by atoms with van der Waals surface area (Å²) in [5.41, 5.74) is 0.912. The maximum Gasteiger partial charge on any atom is 0.298 e. The van der Waals surface area contributed by atoms with Crippen LogP contribution < -0.4 is 4.90 Å². The number of phenols is 1. The predicted molar refractivity (Wildman–Crippen MR) is 88.0 cm³/mol. The molecule has 2 aromatic carbocycles. The molecule has 1 heterocycles. The Bertz CT molecular complexity index is 789. The van der Waals surface area contributed by atoms with Crippen LogP contribution in [0.1, 0.15) is 5.56 Å². The fourth-order valence-electron chi connectivity index (χ4n) is 2.05. The van der Waals surface area contributed by atoms with Crippen molar-refractivity contribution in [1.29, 1.82) is 0 Å². The predicted octanol–water partition coefficient (Wildman–Crippen LogP) is 4.29. The number of thioether (sulfide) groups is 1. The first-order valence-corrected chi connectivity index (χ1v) is 7.57. The Morgan fingerprint density at radius 2 is 1.82 bits per heavy atom. The number of rotatable bonds is 2.